The number of nitrogens with zero attached hydrogens (tertiary/aromatic N) is 4. The van der Waals surface area contributed by atoms with Crippen molar-refractivity contribution in [3.8, 4) is 34.3 Å². The van der Waals surface area contributed by atoms with Gasteiger partial charge in [0.2, 0.25) is 6.79 Å². The molecule has 1 aliphatic heterocycles. The number of hydrogen-bond acceptors (Lipinski definition) is 7. The van der Waals surface area contributed by atoms with Gasteiger partial charge >= 0.3 is 5.69 Å². The number of benzene rings is 2. The normalized spacial score (nSPS) is 12.3. The minimum atomic E-state index is -0.750. The van der Waals surface area contributed by atoms with Crippen molar-refractivity contribution in [2.75, 3.05) is 13.4 Å². The lowest BCUT2D eigenvalue weighted by atomic mass is 10.2. The molecule has 1 amide bonds. The van der Waals surface area contributed by atoms with Crippen LogP contribution in [0, 0.1) is 0 Å². The van der Waals surface area contributed by atoms with E-state index in [2.05, 4.69) is 9.97 Å². The first-order valence-corrected chi connectivity index (χ1v) is 10.5. The molecule has 33 heavy (non-hydrogen) atoms. The van der Waals surface area contributed by atoms with Crippen LogP contribution in [0.15, 0.2) is 47.3 Å². The maximum atomic E-state index is 13.4. The van der Waals surface area contributed by atoms with Crippen LogP contribution in [0.25, 0.3) is 28.2 Å². The maximum absolute atomic E-state index is 13.4. The van der Waals surface area contributed by atoms with Gasteiger partial charge in [0.1, 0.15) is 11.3 Å². The molecule has 4 aromatic rings. The summed E-state index contributed by atoms with van der Waals surface area (Å²) in [4.78, 5) is 34.8. The molecule has 2 aromatic heterocycles. The van der Waals surface area contributed by atoms with E-state index in [9.17, 15) is 9.59 Å². The Balaban J connectivity index is 1.78. The van der Waals surface area contributed by atoms with Gasteiger partial charge in [-0.05, 0) is 50.2 Å². The van der Waals surface area contributed by atoms with Gasteiger partial charge in [0.15, 0.2) is 28.7 Å². The highest BCUT2D eigenvalue weighted by molar-refractivity contribution is 6.02. The second kappa shape index (κ2) is 7.97. The first kappa shape index (κ1) is 20.6. The van der Waals surface area contributed by atoms with Crippen LogP contribution in [0.5, 0.6) is 17.2 Å². The van der Waals surface area contributed by atoms with Crippen LogP contribution in [0.2, 0.25) is 0 Å². The molecule has 0 unspecified atom stereocenters. The molecule has 1 aliphatic rings. The van der Waals surface area contributed by atoms with E-state index < -0.39 is 5.91 Å². The standard InChI is InChI=1S/C23H21N5O5/c1-3-27-19-18(20(24)29)25-21(13-5-8-15(9-6-13)31-4-2)26-22(19)28(23(27)30)14-7-10-16-17(11-14)33-12-32-16/h5-11H,3-4,12H2,1-2H3,(H2,24,29). The number of fused-ring (bicyclic) bond motifs is 2. The molecular weight excluding hydrogens is 426 g/mol. The van der Waals surface area contributed by atoms with Crippen LogP contribution < -0.4 is 25.6 Å². The van der Waals surface area contributed by atoms with Crippen molar-refractivity contribution in [3.63, 3.8) is 0 Å². The summed E-state index contributed by atoms with van der Waals surface area (Å²) >= 11 is 0. The molecule has 10 heteroatoms. The van der Waals surface area contributed by atoms with E-state index >= 15 is 0 Å². The number of ether oxygens (including phenoxy) is 3. The lowest BCUT2D eigenvalue weighted by Crippen LogP contribution is -2.23. The average molecular weight is 447 g/mol. The number of nitrogens with two attached hydrogens (primary N) is 1. The van der Waals surface area contributed by atoms with Crippen molar-refractivity contribution < 1.29 is 19.0 Å². The summed E-state index contributed by atoms with van der Waals surface area (Å²) in [5, 5.41) is 0. The van der Waals surface area contributed by atoms with E-state index in [-0.39, 0.29) is 35.2 Å². The molecule has 0 bridgehead atoms. The third kappa shape index (κ3) is 3.36. The molecule has 0 fully saturated rings. The Morgan fingerprint density at radius 1 is 1.09 bits per heavy atom. The molecule has 2 aromatic carbocycles. The molecule has 0 aliphatic carbocycles. The summed E-state index contributed by atoms with van der Waals surface area (Å²) in [7, 11) is 0. The van der Waals surface area contributed by atoms with E-state index in [0.29, 0.717) is 41.7 Å². The zero-order chi connectivity index (χ0) is 23.1. The Hall–Kier alpha value is -4.34. The van der Waals surface area contributed by atoms with E-state index in [0.717, 1.165) is 0 Å². The number of hydrogen-bond donors (Lipinski definition) is 1. The monoisotopic (exact) mass is 447 g/mol. The van der Waals surface area contributed by atoms with Crippen molar-refractivity contribution in [1.82, 2.24) is 19.1 Å². The Morgan fingerprint density at radius 2 is 1.85 bits per heavy atom. The van der Waals surface area contributed by atoms with Gasteiger partial charge in [-0.15, -0.1) is 0 Å². The molecule has 0 radical (unpaired) electrons. The number of carbonyl (C=O) groups is 1. The lowest BCUT2D eigenvalue weighted by molar-refractivity contribution is 0.0997. The summed E-state index contributed by atoms with van der Waals surface area (Å²) in [5.74, 6) is 1.33. The summed E-state index contributed by atoms with van der Waals surface area (Å²) in [6.45, 7) is 4.66. The first-order valence-electron chi connectivity index (χ1n) is 10.5. The second-order valence-electron chi connectivity index (χ2n) is 7.29. The second-order valence-corrected chi connectivity index (χ2v) is 7.29. The molecule has 2 N–H and O–H groups in total. The summed E-state index contributed by atoms with van der Waals surface area (Å²) in [5.41, 5.74) is 7.00. The predicted molar refractivity (Wildman–Crippen MR) is 120 cm³/mol. The lowest BCUT2D eigenvalue weighted by Gasteiger charge is -2.08. The van der Waals surface area contributed by atoms with Crippen molar-refractivity contribution >= 4 is 17.1 Å². The third-order valence-corrected chi connectivity index (χ3v) is 5.36. The van der Waals surface area contributed by atoms with Gasteiger partial charge in [-0.3, -0.25) is 9.36 Å². The van der Waals surface area contributed by atoms with Crippen molar-refractivity contribution in [2.24, 2.45) is 5.73 Å². The quantitative estimate of drug-likeness (QED) is 0.482. The fourth-order valence-corrected chi connectivity index (χ4v) is 3.87. The Bertz CT molecular complexity index is 1440. The average Bonchev–Trinajstić information content (AvgIpc) is 3.39. The fraction of sp³-hybridized carbons (Fsp3) is 0.217. The SMILES string of the molecule is CCOc1ccc(-c2nc(C(N)=O)c3c(n2)n(-c2ccc4c(c2)OCO4)c(=O)n3CC)cc1. The highest BCUT2D eigenvalue weighted by Crippen LogP contribution is 2.34. The number of imidazole rings is 1. The molecule has 0 atom stereocenters. The number of primary amides is 1. The third-order valence-electron chi connectivity index (χ3n) is 5.36. The van der Waals surface area contributed by atoms with E-state index in [1.54, 1.807) is 49.4 Å². The molecule has 168 valence electrons. The number of carbonyl (C=O) groups excluding carboxylic acids is 1. The summed E-state index contributed by atoms with van der Waals surface area (Å²) < 4.78 is 19.2. The maximum Gasteiger partial charge on any atom is 0.335 e. The van der Waals surface area contributed by atoms with Gasteiger partial charge in [0, 0.05) is 18.2 Å². The van der Waals surface area contributed by atoms with Crippen LogP contribution in [0.1, 0.15) is 24.3 Å². The highest BCUT2D eigenvalue weighted by Gasteiger charge is 2.25. The van der Waals surface area contributed by atoms with Gasteiger partial charge in [-0.1, -0.05) is 0 Å². The molecular formula is C23H21N5O5. The Labute approximate surface area is 188 Å². The van der Waals surface area contributed by atoms with Gasteiger partial charge in [0.05, 0.1) is 12.3 Å². The smallest absolute Gasteiger partial charge is 0.335 e. The van der Waals surface area contributed by atoms with Crippen LogP contribution >= 0.6 is 0 Å². The van der Waals surface area contributed by atoms with Gasteiger partial charge in [0.25, 0.3) is 5.91 Å². The van der Waals surface area contributed by atoms with Gasteiger partial charge in [-0.2, -0.15) is 0 Å². The molecule has 10 nitrogen and oxygen atoms in total. The molecule has 5 rings (SSSR count). The largest absolute Gasteiger partial charge is 0.494 e. The van der Waals surface area contributed by atoms with Crippen LogP contribution in [0.4, 0.5) is 0 Å². The number of aromatic nitrogens is 4. The molecule has 3 heterocycles. The topological polar surface area (TPSA) is 123 Å². The Morgan fingerprint density at radius 3 is 2.55 bits per heavy atom. The van der Waals surface area contributed by atoms with Crippen LogP contribution in [-0.2, 0) is 6.54 Å². The van der Waals surface area contributed by atoms with Gasteiger partial charge < -0.3 is 19.9 Å². The minimum Gasteiger partial charge on any atom is -0.494 e. The van der Waals surface area contributed by atoms with Crippen molar-refractivity contribution in [3.05, 3.63) is 58.6 Å². The van der Waals surface area contributed by atoms with Crippen LogP contribution in [-0.4, -0.2) is 38.4 Å². The fourth-order valence-electron chi connectivity index (χ4n) is 3.87. The number of aryl methyl sites for hydroxylation is 1. The van der Waals surface area contributed by atoms with Crippen LogP contribution in [0.3, 0.4) is 0 Å². The number of amides is 1. The minimum absolute atomic E-state index is 0.0256. The first-order chi connectivity index (χ1) is 16.0. The Kier molecular flexibility index (Phi) is 4.97. The predicted octanol–water partition coefficient (Wildman–Crippen LogP) is 2.50. The zero-order valence-electron chi connectivity index (χ0n) is 18.1. The number of rotatable bonds is 6. The van der Waals surface area contributed by atoms with Crippen molar-refractivity contribution in [1.29, 1.82) is 0 Å². The molecule has 0 saturated heterocycles. The van der Waals surface area contributed by atoms with E-state index in [1.807, 2.05) is 6.92 Å². The summed E-state index contributed by atoms with van der Waals surface area (Å²) in [6, 6.07) is 12.3. The molecule has 0 saturated carbocycles. The van der Waals surface area contributed by atoms with E-state index in [1.165, 1.54) is 9.13 Å². The zero-order valence-corrected chi connectivity index (χ0v) is 18.1. The van der Waals surface area contributed by atoms with Gasteiger partial charge in [-0.25, -0.2) is 19.3 Å². The van der Waals surface area contributed by atoms with E-state index in [4.69, 9.17) is 19.9 Å². The highest BCUT2D eigenvalue weighted by atomic mass is 16.7. The molecule has 0 spiro atoms. The van der Waals surface area contributed by atoms with Crippen molar-refractivity contribution in [2.45, 2.75) is 20.4 Å². The summed E-state index contributed by atoms with van der Waals surface area (Å²) in [6.07, 6.45) is 0.